The Morgan fingerprint density at radius 2 is 2.17 bits per heavy atom. The molecule has 65 valence electrons. The number of ketones is 1. The summed E-state index contributed by atoms with van der Waals surface area (Å²) in [5.74, 6) is 0.438. The molecule has 0 fully saturated rings. The number of azo groups is 2. The molecule has 0 unspecified atom stereocenters. The van der Waals surface area contributed by atoms with E-state index in [4.69, 9.17) is 0 Å². The van der Waals surface area contributed by atoms with Crippen LogP contribution in [0.15, 0.2) is 16.9 Å². The summed E-state index contributed by atoms with van der Waals surface area (Å²) in [6, 6.07) is 0.557. The number of rotatable bonds is 2. The SMILES string of the molecule is CC(=O)[C]1C=C(C(C)C)[N+](C)=N1. The Kier molecular flexibility index (Phi) is 2.40. The lowest BCUT2D eigenvalue weighted by molar-refractivity contribution is -0.515. The number of carbonyl (C=O) groups is 1. The maximum Gasteiger partial charge on any atom is 0.246 e. The van der Waals surface area contributed by atoms with Gasteiger partial charge in [0.2, 0.25) is 11.7 Å². The highest BCUT2D eigenvalue weighted by Crippen LogP contribution is 2.23. The molecule has 0 aromatic carbocycles. The fourth-order valence-electron chi connectivity index (χ4n) is 1.19. The van der Waals surface area contributed by atoms with Crippen molar-refractivity contribution in [1.29, 1.82) is 0 Å². The zero-order chi connectivity index (χ0) is 9.30. The highest BCUT2D eigenvalue weighted by molar-refractivity contribution is 5.92. The van der Waals surface area contributed by atoms with Crippen LogP contribution in [0, 0.1) is 12.0 Å². The molecular formula is C9H14N2O+. The van der Waals surface area contributed by atoms with Gasteiger partial charge in [-0.15, -0.1) is 0 Å². The van der Waals surface area contributed by atoms with Crippen molar-refractivity contribution in [2.75, 3.05) is 7.05 Å². The Morgan fingerprint density at radius 1 is 1.58 bits per heavy atom. The minimum Gasteiger partial charge on any atom is -0.296 e. The Labute approximate surface area is 72.8 Å². The van der Waals surface area contributed by atoms with E-state index < -0.39 is 0 Å². The molecule has 12 heavy (non-hydrogen) atoms. The van der Waals surface area contributed by atoms with Crippen molar-refractivity contribution in [2.24, 2.45) is 11.0 Å². The van der Waals surface area contributed by atoms with Crippen LogP contribution in [-0.4, -0.2) is 17.5 Å². The molecule has 0 saturated carbocycles. The third kappa shape index (κ3) is 1.60. The van der Waals surface area contributed by atoms with Crippen LogP contribution in [0.2, 0.25) is 0 Å². The summed E-state index contributed by atoms with van der Waals surface area (Å²) in [6.45, 7) is 5.70. The summed E-state index contributed by atoms with van der Waals surface area (Å²) >= 11 is 0. The van der Waals surface area contributed by atoms with Crippen molar-refractivity contribution in [3.8, 4) is 0 Å². The Bertz CT molecular complexity index is 264. The van der Waals surface area contributed by atoms with Crippen molar-refractivity contribution in [1.82, 2.24) is 0 Å². The summed E-state index contributed by atoms with van der Waals surface area (Å²) < 4.78 is 1.77. The fraction of sp³-hybridized carbons (Fsp3) is 0.556. The van der Waals surface area contributed by atoms with Crippen molar-refractivity contribution in [3.05, 3.63) is 17.8 Å². The molecule has 1 heterocycles. The number of Topliss-reactive ketones (excluding diaryl/α,β-unsaturated/α-hetero) is 1. The Morgan fingerprint density at radius 3 is 2.42 bits per heavy atom. The van der Waals surface area contributed by atoms with Gasteiger partial charge in [0, 0.05) is 12.0 Å². The molecule has 1 aliphatic heterocycles. The topological polar surface area (TPSA) is 32.4 Å². The Balaban J connectivity index is 2.87. The van der Waals surface area contributed by atoms with Gasteiger partial charge in [0.15, 0.2) is 12.8 Å². The van der Waals surface area contributed by atoms with Crippen LogP contribution in [0.25, 0.3) is 0 Å². The van der Waals surface area contributed by atoms with Crippen molar-refractivity contribution in [2.45, 2.75) is 20.8 Å². The maximum absolute atomic E-state index is 11.0. The first kappa shape index (κ1) is 9.10. The van der Waals surface area contributed by atoms with Gasteiger partial charge in [-0.3, -0.25) is 4.79 Å². The zero-order valence-corrected chi connectivity index (χ0v) is 7.96. The van der Waals surface area contributed by atoms with E-state index in [2.05, 4.69) is 19.0 Å². The van der Waals surface area contributed by atoms with Gasteiger partial charge in [-0.1, -0.05) is 18.5 Å². The van der Waals surface area contributed by atoms with Crippen LogP contribution in [-0.2, 0) is 4.79 Å². The quantitative estimate of drug-likeness (QED) is 0.575. The third-order valence-electron chi connectivity index (χ3n) is 1.87. The van der Waals surface area contributed by atoms with Gasteiger partial charge in [-0.25, -0.2) is 0 Å². The van der Waals surface area contributed by atoms with E-state index in [1.54, 1.807) is 4.70 Å². The van der Waals surface area contributed by atoms with E-state index in [0.717, 1.165) is 5.70 Å². The first-order valence-corrected chi connectivity index (χ1v) is 4.07. The number of carbonyl (C=O) groups excluding carboxylic acids is 1. The molecule has 0 aromatic rings. The van der Waals surface area contributed by atoms with Crippen LogP contribution >= 0.6 is 0 Å². The van der Waals surface area contributed by atoms with Crippen molar-refractivity contribution in [3.63, 3.8) is 0 Å². The summed E-state index contributed by atoms with van der Waals surface area (Å²) in [5.41, 5.74) is 1.10. The largest absolute Gasteiger partial charge is 0.296 e. The predicted molar refractivity (Wildman–Crippen MR) is 45.5 cm³/mol. The van der Waals surface area contributed by atoms with Crippen LogP contribution in [0.5, 0.6) is 0 Å². The molecule has 1 rings (SSSR count). The number of nitrogens with zero attached hydrogens (tertiary/aromatic N) is 2. The average Bonchev–Trinajstić information content (AvgIpc) is 2.30. The standard InChI is InChI=1S/C9H14N2O/c1-6(2)9-5-8(7(3)12)10-11(9)4/h5-6H,1-4H3/q+1. The monoisotopic (exact) mass is 166 g/mol. The summed E-state index contributed by atoms with van der Waals surface area (Å²) in [7, 11) is 1.86. The fourth-order valence-corrected chi connectivity index (χ4v) is 1.19. The highest BCUT2D eigenvalue weighted by Gasteiger charge is 2.30. The molecule has 1 radical (unpaired) electrons. The van der Waals surface area contributed by atoms with E-state index in [0.29, 0.717) is 12.0 Å². The first-order valence-electron chi connectivity index (χ1n) is 4.07. The molecule has 0 atom stereocenters. The van der Waals surface area contributed by atoms with Crippen LogP contribution in [0.4, 0.5) is 0 Å². The lowest BCUT2D eigenvalue weighted by Crippen LogP contribution is -2.04. The first-order chi connectivity index (χ1) is 5.52. The molecule has 0 aromatic heterocycles. The second-order valence-corrected chi connectivity index (χ2v) is 3.29. The van der Waals surface area contributed by atoms with E-state index in [-0.39, 0.29) is 5.78 Å². The van der Waals surface area contributed by atoms with Crippen molar-refractivity contribution < 1.29 is 9.49 Å². The molecule has 3 nitrogen and oxygen atoms in total. The smallest absolute Gasteiger partial charge is 0.246 e. The minimum absolute atomic E-state index is 0.0255. The molecule has 0 saturated heterocycles. The van der Waals surface area contributed by atoms with Gasteiger partial charge >= 0.3 is 0 Å². The normalized spacial score (nSPS) is 18.1. The Hall–Kier alpha value is -0.990. The maximum atomic E-state index is 11.0. The number of hydrogen-bond acceptors (Lipinski definition) is 2. The summed E-state index contributed by atoms with van der Waals surface area (Å²) in [6.07, 6.45) is 1.85. The lowest BCUT2D eigenvalue weighted by Gasteiger charge is -1.96. The summed E-state index contributed by atoms with van der Waals surface area (Å²) in [4.78, 5) is 11.0. The molecule has 0 N–H and O–H groups in total. The van der Waals surface area contributed by atoms with Gasteiger partial charge in [0.1, 0.15) is 0 Å². The van der Waals surface area contributed by atoms with Gasteiger partial charge in [0.25, 0.3) is 0 Å². The average molecular weight is 166 g/mol. The van der Waals surface area contributed by atoms with Gasteiger partial charge in [-0.2, -0.15) is 0 Å². The van der Waals surface area contributed by atoms with Crippen LogP contribution in [0.3, 0.4) is 0 Å². The molecule has 1 aliphatic rings. The van der Waals surface area contributed by atoms with E-state index in [9.17, 15) is 4.79 Å². The second-order valence-electron chi connectivity index (χ2n) is 3.29. The van der Waals surface area contributed by atoms with E-state index in [1.165, 1.54) is 6.92 Å². The molecule has 3 heteroatoms. The minimum atomic E-state index is 0.0255. The van der Waals surface area contributed by atoms with Crippen LogP contribution < -0.4 is 0 Å². The molecular weight excluding hydrogens is 152 g/mol. The second kappa shape index (κ2) is 3.17. The third-order valence-corrected chi connectivity index (χ3v) is 1.87. The highest BCUT2D eigenvalue weighted by atomic mass is 16.1. The molecule has 0 aliphatic carbocycles. The van der Waals surface area contributed by atoms with Crippen molar-refractivity contribution >= 4 is 5.78 Å². The zero-order valence-electron chi connectivity index (χ0n) is 7.96. The van der Waals surface area contributed by atoms with Crippen LogP contribution in [0.1, 0.15) is 20.8 Å². The number of hydrogen-bond donors (Lipinski definition) is 0. The van der Waals surface area contributed by atoms with Gasteiger partial charge < -0.3 is 0 Å². The molecule has 0 amide bonds. The van der Waals surface area contributed by atoms with E-state index in [1.807, 2.05) is 13.1 Å². The summed E-state index contributed by atoms with van der Waals surface area (Å²) in [5, 5.41) is 4.10. The van der Waals surface area contributed by atoms with Gasteiger partial charge in [0.05, 0.1) is 0 Å². The molecule has 0 bridgehead atoms. The van der Waals surface area contributed by atoms with Gasteiger partial charge in [-0.05, 0) is 12.0 Å². The van der Waals surface area contributed by atoms with E-state index >= 15 is 0 Å². The molecule has 0 spiro atoms. The lowest BCUT2D eigenvalue weighted by atomic mass is 10.1. The predicted octanol–water partition coefficient (Wildman–Crippen LogP) is 1.76. The number of allylic oxidation sites excluding steroid dienone is 1.